The standard InChI is InChI=1S/C16H15F3N4O5/c1-8(24)20-11-5-4-9(7-12(11)23(25)26)6-10-13(16(17,18)19)21-15(28-3)22-14(10)27-2/h4-5,7H,6H2,1-3H3,(H,20,24). The van der Waals surface area contributed by atoms with E-state index in [1.54, 1.807) is 0 Å². The van der Waals surface area contributed by atoms with Crippen molar-refractivity contribution in [2.75, 3.05) is 19.5 Å². The number of nitro groups is 1. The summed E-state index contributed by atoms with van der Waals surface area (Å²) in [4.78, 5) is 28.8. The highest BCUT2D eigenvalue weighted by atomic mass is 19.4. The molecule has 0 saturated heterocycles. The molecule has 1 aromatic heterocycles. The Morgan fingerprint density at radius 1 is 1.25 bits per heavy atom. The van der Waals surface area contributed by atoms with Gasteiger partial charge >= 0.3 is 12.2 Å². The summed E-state index contributed by atoms with van der Waals surface area (Å²) in [5.74, 6) is -0.895. The summed E-state index contributed by atoms with van der Waals surface area (Å²) in [6.07, 6.45) is -5.23. The maximum Gasteiger partial charge on any atom is 0.434 e. The molecule has 1 aromatic carbocycles. The van der Waals surface area contributed by atoms with Crippen molar-refractivity contribution >= 4 is 17.3 Å². The molecular formula is C16H15F3N4O5. The molecular weight excluding hydrogens is 385 g/mol. The number of carbonyl (C=O) groups excluding carboxylic acids is 1. The monoisotopic (exact) mass is 400 g/mol. The van der Waals surface area contributed by atoms with Crippen molar-refractivity contribution in [1.82, 2.24) is 9.97 Å². The first-order valence-electron chi connectivity index (χ1n) is 7.67. The molecule has 0 unspecified atom stereocenters. The van der Waals surface area contributed by atoms with E-state index in [1.165, 1.54) is 19.1 Å². The fourth-order valence-electron chi connectivity index (χ4n) is 2.44. The predicted molar refractivity (Wildman–Crippen MR) is 90.3 cm³/mol. The third-order valence-corrected chi connectivity index (χ3v) is 3.54. The molecule has 2 rings (SSSR count). The lowest BCUT2D eigenvalue weighted by Gasteiger charge is -2.16. The average molecular weight is 400 g/mol. The Morgan fingerprint density at radius 3 is 2.43 bits per heavy atom. The molecule has 2 aromatic rings. The minimum Gasteiger partial charge on any atom is -0.481 e. The van der Waals surface area contributed by atoms with Crippen molar-refractivity contribution < 1.29 is 32.4 Å². The van der Waals surface area contributed by atoms with Crippen LogP contribution in [-0.4, -0.2) is 35.0 Å². The van der Waals surface area contributed by atoms with E-state index in [0.717, 1.165) is 20.3 Å². The number of ether oxygens (including phenoxy) is 2. The van der Waals surface area contributed by atoms with Crippen molar-refractivity contribution in [3.05, 3.63) is 45.1 Å². The molecule has 0 bridgehead atoms. The Bertz CT molecular complexity index is 918. The number of aromatic nitrogens is 2. The topological polar surface area (TPSA) is 116 Å². The molecule has 0 radical (unpaired) electrons. The van der Waals surface area contributed by atoms with Gasteiger partial charge in [-0.1, -0.05) is 6.07 Å². The largest absolute Gasteiger partial charge is 0.481 e. The first-order chi connectivity index (χ1) is 13.1. The van der Waals surface area contributed by atoms with Crippen LogP contribution in [0.15, 0.2) is 18.2 Å². The Kier molecular flexibility index (Phi) is 6.01. The lowest BCUT2D eigenvalue weighted by molar-refractivity contribution is -0.384. The smallest absolute Gasteiger partial charge is 0.434 e. The number of benzene rings is 1. The van der Waals surface area contributed by atoms with Gasteiger partial charge in [0, 0.05) is 25.0 Å². The first kappa shape index (κ1) is 20.9. The number of rotatable bonds is 6. The van der Waals surface area contributed by atoms with Crippen LogP contribution in [0.5, 0.6) is 11.9 Å². The number of nitrogens with one attached hydrogen (secondary N) is 1. The summed E-state index contributed by atoms with van der Waals surface area (Å²) in [6, 6.07) is 3.12. The van der Waals surface area contributed by atoms with Crippen LogP contribution >= 0.6 is 0 Å². The molecule has 1 heterocycles. The zero-order valence-corrected chi connectivity index (χ0v) is 15.0. The summed E-state index contributed by atoms with van der Waals surface area (Å²) in [5.41, 5.74) is -2.05. The number of methoxy groups -OCH3 is 2. The summed E-state index contributed by atoms with van der Waals surface area (Å²) < 4.78 is 49.9. The second-order valence-corrected chi connectivity index (χ2v) is 5.51. The van der Waals surface area contributed by atoms with Gasteiger partial charge in [0.25, 0.3) is 5.69 Å². The van der Waals surface area contributed by atoms with E-state index < -0.39 is 46.4 Å². The Hall–Kier alpha value is -3.44. The summed E-state index contributed by atoms with van der Waals surface area (Å²) >= 11 is 0. The number of anilines is 1. The molecule has 0 spiro atoms. The van der Waals surface area contributed by atoms with Crippen molar-refractivity contribution in [2.24, 2.45) is 0 Å². The number of alkyl halides is 3. The molecule has 1 N–H and O–H groups in total. The maximum atomic E-state index is 13.4. The van der Waals surface area contributed by atoms with Gasteiger partial charge in [-0.3, -0.25) is 14.9 Å². The summed E-state index contributed by atoms with van der Waals surface area (Å²) in [7, 11) is 2.24. The van der Waals surface area contributed by atoms with Crippen molar-refractivity contribution in [3.63, 3.8) is 0 Å². The number of hydrogen-bond donors (Lipinski definition) is 1. The SMILES string of the molecule is COc1nc(OC)c(Cc2ccc(NC(C)=O)c([N+](=O)[O-])c2)c(C(F)(F)F)n1. The highest BCUT2D eigenvalue weighted by Gasteiger charge is 2.38. The molecule has 0 atom stereocenters. The lowest BCUT2D eigenvalue weighted by Crippen LogP contribution is -2.16. The van der Waals surface area contributed by atoms with Crippen LogP contribution in [0.3, 0.4) is 0 Å². The van der Waals surface area contributed by atoms with Crippen LogP contribution in [-0.2, 0) is 17.4 Å². The molecule has 0 fully saturated rings. The molecule has 0 saturated carbocycles. The minimum absolute atomic E-state index is 0.0739. The maximum absolute atomic E-state index is 13.4. The normalized spacial score (nSPS) is 11.1. The number of nitrogens with zero attached hydrogens (tertiary/aromatic N) is 3. The van der Waals surface area contributed by atoms with E-state index in [4.69, 9.17) is 4.74 Å². The Morgan fingerprint density at radius 2 is 1.93 bits per heavy atom. The van der Waals surface area contributed by atoms with Crippen LogP contribution in [0.1, 0.15) is 23.7 Å². The van der Waals surface area contributed by atoms with Gasteiger partial charge in [0.1, 0.15) is 5.69 Å². The summed E-state index contributed by atoms with van der Waals surface area (Å²) in [6.45, 7) is 1.17. The lowest BCUT2D eigenvalue weighted by atomic mass is 10.0. The van der Waals surface area contributed by atoms with Crippen LogP contribution < -0.4 is 14.8 Å². The highest BCUT2D eigenvalue weighted by Crippen LogP contribution is 2.37. The van der Waals surface area contributed by atoms with Crippen LogP contribution in [0.4, 0.5) is 24.5 Å². The van der Waals surface area contributed by atoms with Gasteiger partial charge in [0.2, 0.25) is 11.8 Å². The zero-order valence-electron chi connectivity index (χ0n) is 15.0. The van der Waals surface area contributed by atoms with Crippen LogP contribution in [0.2, 0.25) is 0 Å². The number of nitro benzene ring substituents is 1. The fraction of sp³-hybridized carbons (Fsp3) is 0.312. The van der Waals surface area contributed by atoms with E-state index in [2.05, 4.69) is 20.0 Å². The van der Waals surface area contributed by atoms with Crippen LogP contribution in [0, 0.1) is 10.1 Å². The van der Waals surface area contributed by atoms with E-state index in [1.807, 2.05) is 0 Å². The molecule has 1 amide bonds. The molecule has 12 heteroatoms. The molecule has 0 aliphatic heterocycles. The van der Waals surface area contributed by atoms with E-state index in [0.29, 0.717) is 0 Å². The van der Waals surface area contributed by atoms with E-state index in [-0.39, 0.29) is 17.1 Å². The number of halogens is 3. The minimum atomic E-state index is -4.83. The van der Waals surface area contributed by atoms with Gasteiger partial charge < -0.3 is 14.8 Å². The quantitative estimate of drug-likeness (QED) is 0.585. The third-order valence-electron chi connectivity index (χ3n) is 3.54. The fourth-order valence-corrected chi connectivity index (χ4v) is 2.44. The Labute approximate surface area is 156 Å². The summed E-state index contributed by atoms with van der Waals surface area (Å²) in [5, 5.41) is 13.5. The van der Waals surface area contributed by atoms with Gasteiger partial charge in [-0.05, 0) is 11.6 Å². The Balaban J connectivity index is 2.57. The molecule has 0 aliphatic rings. The van der Waals surface area contributed by atoms with Crippen molar-refractivity contribution in [1.29, 1.82) is 0 Å². The first-order valence-corrected chi connectivity index (χ1v) is 7.67. The predicted octanol–water partition coefficient (Wildman–Crippen LogP) is 2.97. The van der Waals surface area contributed by atoms with Gasteiger partial charge in [-0.15, -0.1) is 0 Å². The van der Waals surface area contributed by atoms with Gasteiger partial charge in [0.15, 0.2) is 5.69 Å². The van der Waals surface area contributed by atoms with Crippen molar-refractivity contribution in [2.45, 2.75) is 19.5 Å². The second kappa shape index (κ2) is 8.06. The number of hydrogen-bond acceptors (Lipinski definition) is 7. The van der Waals surface area contributed by atoms with Gasteiger partial charge in [-0.2, -0.15) is 23.1 Å². The van der Waals surface area contributed by atoms with E-state index in [9.17, 15) is 28.1 Å². The van der Waals surface area contributed by atoms with E-state index >= 15 is 0 Å². The third kappa shape index (κ3) is 4.64. The second-order valence-electron chi connectivity index (χ2n) is 5.51. The number of carbonyl (C=O) groups is 1. The molecule has 0 aliphatic carbocycles. The zero-order chi connectivity index (χ0) is 21.1. The molecule has 9 nitrogen and oxygen atoms in total. The average Bonchev–Trinajstić information content (AvgIpc) is 2.61. The number of amides is 1. The highest BCUT2D eigenvalue weighted by molar-refractivity contribution is 5.91. The van der Waals surface area contributed by atoms with Crippen LogP contribution in [0.25, 0.3) is 0 Å². The molecule has 150 valence electrons. The van der Waals surface area contributed by atoms with Crippen molar-refractivity contribution in [3.8, 4) is 11.9 Å². The van der Waals surface area contributed by atoms with Gasteiger partial charge in [0.05, 0.1) is 19.1 Å². The van der Waals surface area contributed by atoms with Gasteiger partial charge in [-0.25, -0.2) is 0 Å². The molecule has 28 heavy (non-hydrogen) atoms.